The fourth-order valence-electron chi connectivity index (χ4n) is 3.29. The van der Waals surface area contributed by atoms with Crippen molar-refractivity contribution in [3.8, 4) is 0 Å². The Morgan fingerprint density at radius 2 is 1.86 bits per heavy atom. The first-order valence-corrected chi connectivity index (χ1v) is 9.56. The molecule has 6 nitrogen and oxygen atoms in total. The van der Waals surface area contributed by atoms with E-state index >= 15 is 0 Å². The van der Waals surface area contributed by atoms with Crippen molar-refractivity contribution in [2.45, 2.75) is 51.1 Å². The van der Waals surface area contributed by atoms with Gasteiger partial charge in [0.15, 0.2) is 0 Å². The molecule has 0 aromatic carbocycles. The first-order chi connectivity index (χ1) is 9.99. The summed E-state index contributed by atoms with van der Waals surface area (Å²) < 4.78 is 26.0. The van der Waals surface area contributed by atoms with Crippen LogP contribution in [0.2, 0.25) is 0 Å². The summed E-state index contributed by atoms with van der Waals surface area (Å²) in [6, 6.07) is 0.00485. The predicted molar refractivity (Wildman–Crippen MR) is 82.5 cm³/mol. The number of nitrogens with one attached hydrogen (secondary N) is 1. The number of piperidine rings is 1. The van der Waals surface area contributed by atoms with Crippen LogP contribution in [0, 0.1) is 0 Å². The van der Waals surface area contributed by atoms with Gasteiger partial charge in [-0.2, -0.15) is 4.31 Å². The molecule has 0 aromatic rings. The van der Waals surface area contributed by atoms with Crippen LogP contribution in [0.4, 0.5) is 0 Å². The standard InChI is InChI=1S/C14H27N3O3S/c1-3-11-21(19,20)17-8-4-5-13(17)14(18)16-9-6-12(15-2)7-10-16/h12-13,15H,3-11H2,1-2H3. The van der Waals surface area contributed by atoms with Gasteiger partial charge in [-0.25, -0.2) is 8.42 Å². The van der Waals surface area contributed by atoms with E-state index in [0.29, 0.717) is 25.4 Å². The van der Waals surface area contributed by atoms with Crippen LogP contribution in [-0.4, -0.2) is 68.0 Å². The Labute approximate surface area is 127 Å². The fraction of sp³-hybridized carbons (Fsp3) is 0.929. The Morgan fingerprint density at radius 1 is 1.19 bits per heavy atom. The van der Waals surface area contributed by atoms with Gasteiger partial charge in [-0.15, -0.1) is 0 Å². The average molecular weight is 317 g/mol. The van der Waals surface area contributed by atoms with Crippen LogP contribution in [0.3, 0.4) is 0 Å². The number of hydrogen-bond acceptors (Lipinski definition) is 4. The molecule has 2 heterocycles. The van der Waals surface area contributed by atoms with Crippen LogP contribution in [0.25, 0.3) is 0 Å². The number of rotatable bonds is 5. The summed E-state index contributed by atoms with van der Waals surface area (Å²) in [4.78, 5) is 14.5. The number of amides is 1. The van der Waals surface area contributed by atoms with E-state index in [1.807, 2.05) is 18.9 Å². The number of nitrogens with zero attached hydrogens (tertiary/aromatic N) is 2. The minimum absolute atomic E-state index is 0.00160. The lowest BCUT2D eigenvalue weighted by atomic mass is 10.0. The molecule has 7 heteroatoms. The van der Waals surface area contributed by atoms with E-state index in [0.717, 1.165) is 32.4 Å². The molecule has 1 unspecified atom stereocenters. The summed E-state index contributed by atoms with van der Waals surface area (Å²) in [5.74, 6) is 0.139. The lowest BCUT2D eigenvalue weighted by Gasteiger charge is -2.35. The molecule has 2 aliphatic rings. The van der Waals surface area contributed by atoms with Gasteiger partial charge < -0.3 is 10.2 Å². The third-order valence-electron chi connectivity index (χ3n) is 4.52. The molecule has 2 fully saturated rings. The molecule has 1 N–H and O–H groups in total. The molecule has 1 atom stereocenters. The van der Waals surface area contributed by atoms with E-state index < -0.39 is 16.1 Å². The smallest absolute Gasteiger partial charge is 0.241 e. The van der Waals surface area contributed by atoms with Crippen LogP contribution >= 0.6 is 0 Å². The maximum Gasteiger partial charge on any atom is 0.241 e. The molecule has 2 saturated heterocycles. The highest BCUT2D eigenvalue weighted by Gasteiger charge is 2.40. The van der Waals surface area contributed by atoms with Crippen molar-refractivity contribution in [2.75, 3.05) is 32.4 Å². The summed E-state index contributed by atoms with van der Waals surface area (Å²) in [6.45, 7) is 3.80. The van der Waals surface area contributed by atoms with Crippen LogP contribution in [-0.2, 0) is 14.8 Å². The quantitative estimate of drug-likeness (QED) is 0.797. The van der Waals surface area contributed by atoms with E-state index in [4.69, 9.17) is 0 Å². The predicted octanol–water partition coefficient (Wildman–Crippen LogP) is 0.401. The van der Waals surface area contributed by atoms with Gasteiger partial charge in [-0.3, -0.25) is 4.79 Å². The molecule has 0 aromatic heterocycles. The molecule has 0 saturated carbocycles. The van der Waals surface area contributed by atoms with E-state index in [2.05, 4.69) is 5.32 Å². The van der Waals surface area contributed by atoms with Crippen molar-refractivity contribution >= 4 is 15.9 Å². The van der Waals surface area contributed by atoms with E-state index in [1.54, 1.807) is 0 Å². The van der Waals surface area contributed by atoms with E-state index in [1.165, 1.54) is 4.31 Å². The Hall–Kier alpha value is -0.660. The van der Waals surface area contributed by atoms with Gasteiger partial charge in [0.2, 0.25) is 15.9 Å². The average Bonchev–Trinajstić information content (AvgIpc) is 2.97. The number of sulfonamides is 1. The van der Waals surface area contributed by atoms with Gasteiger partial charge >= 0.3 is 0 Å². The second-order valence-corrected chi connectivity index (χ2v) is 8.01. The van der Waals surface area contributed by atoms with Crippen molar-refractivity contribution in [1.82, 2.24) is 14.5 Å². The highest BCUT2D eigenvalue weighted by Crippen LogP contribution is 2.24. The Morgan fingerprint density at radius 3 is 2.43 bits per heavy atom. The van der Waals surface area contributed by atoms with Crippen molar-refractivity contribution in [2.24, 2.45) is 0 Å². The third-order valence-corrected chi connectivity index (χ3v) is 6.60. The Bertz CT molecular complexity index is 458. The van der Waals surface area contributed by atoms with Crippen LogP contribution < -0.4 is 5.32 Å². The molecule has 1 amide bonds. The zero-order chi connectivity index (χ0) is 15.5. The number of carbonyl (C=O) groups excluding carboxylic acids is 1. The monoisotopic (exact) mass is 317 g/mol. The normalized spacial score (nSPS) is 25.4. The molecule has 0 bridgehead atoms. The first-order valence-electron chi connectivity index (χ1n) is 7.95. The molecular formula is C14H27N3O3S. The molecule has 122 valence electrons. The summed E-state index contributed by atoms with van der Waals surface area (Å²) in [5.41, 5.74) is 0. The minimum atomic E-state index is -3.28. The van der Waals surface area contributed by atoms with Gasteiger partial charge in [0, 0.05) is 25.7 Å². The second-order valence-electron chi connectivity index (χ2n) is 5.97. The van der Waals surface area contributed by atoms with Crippen molar-refractivity contribution in [1.29, 1.82) is 0 Å². The maximum absolute atomic E-state index is 12.7. The third kappa shape index (κ3) is 3.76. The van der Waals surface area contributed by atoms with E-state index in [-0.39, 0.29) is 11.7 Å². The highest BCUT2D eigenvalue weighted by atomic mass is 32.2. The Kier molecular flexibility index (Phi) is 5.62. The highest BCUT2D eigenvalue weighted by molar-refractivity contribution is 7.89. The van der Waals surface area contributed by atoms with Gasteiger partial charge in [-0.1, -0.05) is 6.92 Å². The minimum Gasteiger partial charge on any atom is -0.341 e. The topological polar surface area (TPSA) is 69.7 Å². The molecule has 0 radical (unpaired) electrons. The number of hydrogen-bond donors (Lipinski definition) is 1. The van der Waals surface area contributed by atoms with Gasteiger partial charge in [0.05, 0.1) is 5.75 Å². The summed E-state index contributed by atoms with van der Waals surface area (Å²) >= 11 is 0. The molecule has 2 aliphatic heterocycles. The summed E-state index contributed by atoms with van der Waals surface area (Å²) in [5, 5.41) is 3.24. The largest absolute Gasteiger partial charge is 0.341 e. The van der Waals surface area contributed by atoms with Crippen LogP contribution in [0.5, 0.6) is 0 Å². The molecular weight excluding hydrogens is 290 g/mol. The summed E-state index contributed by atoms with van der Waals surface area (Å²) in [7, 11) is -1.34. The van der Waals surface area contributed by atoms with Crippen molar-refractivity contribution < 1.29 is 13.2 Å². The number of likely N-dealkylation sites (tertiary alicyclic amines) is 1. The number of carbonyl (C=O) groups is 1. The molecule has 2 rings (SSSR count). The molecule has 0 spiro atoms. The molecule has 21 heavy (non-hydrogen) atoms. The first kappa shape index (κ1) is 16.7. The van der Waals surface area contributed by atoms with Gasteiger partial charge in [0.1, 0.15) is 6.04 Å². The van der Waals surface area contributed by atoms with E-state index in [9.17, 15) is 13.2 Å². The van der Waals surface area contributed by atoms with Crippen LogP contribution in [0.15, 0.2) is 0 Å². The lowest BCUT2D eigenvalue weighted by Crippen LogP contribution is -2.51. The van der Waals surface area contributed by atoms with Gasteiger partial charge in [-0.05, 0) is 39.2 Å². The van der Waals surface area contributed by atoms with Gasteiger partial charge in [0.25, 0.3) is 0 Å². The fourth-order valence-corrected chi connectivity index (χ4v) is 5.04. The lowest BCUT2D eigenvalue weighted by molar-refractivity contribution is -0.135. The van der Waals surface area contributed by atoms with Crippen molar-refractivity contribution in [3.05, 3.63) is 0 Å². The van der Waals surface area contributed by atoms with Crippen molar-refractivity contribution in [3.63, 3.8) is 0 Å². The second kappa shape index (κ2) is 7.07. The molecule has 0 aliphatic carbocycles. The summed E-state index contributed by atoms with van der Waals surface area (Å²) in [6.07, 6.45) is 3.92. The Balaban J connectivity index is 2.01. The zero-order valence-electron chi connectivity index (χ0n) is 13.0. The van der Waals surface area contributed by atoms with Crippen LogP contribution in [0.1, 0.15) is 39.0 Å². The zero-order valence-corrected chi connectivity index (χ0v) is 13.9. The maximum atomic E-state index is 12.7. The SMILES string of the molecule is CCCS(=O)(=O)N1CCCC1C(=O)N1CCC(NC)CC1.